The molecule has 0 saturated heterocycles. The monoisotopic (exact) mass is 274 g/mol. The van der Waals surface area contributed by atoms with E-state index in [4.69, 9.17) is 17.3 Å². The average Bonchev–Trinajstić information content (AvgIpc) is 2.45. The summed E-state index contributed by atoms with van der Waals surface area (Å²) in [7, 11) is 0. The zero-order valence-corrected chi connectivity index (χ0v) is 11.8. The smallest absolute Gasteiger partial charge is 0.0636 e. The topological polar surface area (TPSA) is 38.0 Å². The van der Waals surface area contributed by atoms with E-state index in [1.807, 2.05) is 24.3 Å². The van der Waals surface area contributed by atoms with Gasteiger partial charge in [-0.05, 0) is 35.7 Å². The van der Waals surface area contributed by atoms with E-state index in [9.17, 15) is 0 Å². The van der Waals surface area contributed by atoms with Crippen molar-refractivity contribution >= 4 is 17.3 Å². The van der Waals surface area contributed by atoms with E-state index in [1.54, 1.807) is 0 Å². The van der Waals surface area contributed by atoms with Gasteiger partial charge in [-0.1, -0.05) is 48.9 Å². The number of rotatable bonds is 5. The van der Waals surface area contributed by atoms with Gasteiger partial charge < -0.3 is 11.1 Å². The van der Waals surface area contributed by atoms with Gasteiger partial charge >= 0.3 is 0 Å². The van der Waals surface area contributed by atoms with Gasteiger partial charge in [0.25, 0.3) is 0 Å². The van der Waals surface area contributed by atoms with Crippen molar-refractivity contribution in [3.8, 4) is 0 Å². The second-order valence-corrected chi connectivity index (χ2v) is 4.97. The summed E-state index contributed by atoms with van der Waals surface area (Å²) in [6, 6.07) is 16.4. The van der Waals surface area contributed by atoms with Gasteiger partial charge in [0.05, 0.1) is 6.04 Å². The van der Waals surface area contributed by atoms with E-state index in [-0.39, 0.29) is 6.04 Å². The van der Waals surface area contributed by atoms with Crippen molar-refractivity contribution in [1.29, 1.82) is 0 Å². The molecule has 0 heterocycles. The number of halogens is 1. The van der Waals surface area contributed by atoms with Crippen molar-refractivity contribution in [3.05, 3.63) is 64.7 Å². The number of nitrogens with two attached hydrogens (primary N) is 1. The van der Waals surface area contributed by atoms with Crippen molar-refractivity contribution in [2.45, 2.75) is 19.4 Å². The summed E-state index contributed by atoms with van der Waals surface area (Å²) >= 11 is 5.99. The molecule has 2 nitrogen and oxygen atoms in total. The largest absolute Gasteiger partial charge is 0.377 e. The maximum atomic E-state index is 5.99. The molecule has 2 aromatic carbocycles. The van der Waals surface area contributed by atoms with Gasteiger partial charge in [-0.3, -0.25) is 0 Å². The highest BCUT2D eigenvalue weighted by Gasteiger charge is 2.09. The molecule has 2 aromatic rings. The van der Waals surface area contributed by atoms with Crippen LogP contribution in [-0.4, -0.2) is 6.54 Å². The van der Waals surface area contributed by atoms with E-state index in [2.05, 4.69) is 36.5 Å². The van der Waals surface area contributed by atoms with Crippen LogP contribution >= 0.6 is 11.6 Å². The molecule has 0 saturated carbocycles. The predicted octanol–water partition coefficient (Wildman–Crippen LogP) is 4.01. The summed E-state index contributed by atoms with van der Waals surface area (Å²) < 4.78 is 0. The average molecular weight is 275 g/mol. The molecule has 0 aliphatic heterocycles. The second-order valence-electron chi connectivity index (χ2n) is 4.54. The van der Waals surface area contributed by atoms with Crippen LogP contribution in [0.1, 0.15) is 24.1 Å². The predicted molar refractivity (Wildman–Crippen MR) is 82.7 cm³/mol. The van der Waals surface area contributed by atoms with Crippen LogP contribution in [-0.2, 0) is 6.42 Å². The molecule has 2 rings (SSSR count). The quantitative estimate of drug-likeness (QED) is 0.864. The Kier molecular flexibility index (Phi) is 4.83. The molecule has 0 spiro atoms. The summed E-state index contributed by atoms with van der Waals surface area (Å²) in [5.74, 6) is 0. The Morgan fingerprint density at radius 2 is 1.89 bits per heavy atom. The third kappa shape index (κ3) is 3.72. The molecule has 0 radical (unpaired) electrons. The zero-order chi connectivity index (χ0) is 13.7. The lowest BCUT2D eigenvalue weighted by Crippen LogP contribution is -2.20. The fourth-order valence-corrected chi connectivity index (χ4v) is 2.23. The van der Waals surface area contributed by atoms with Crippen molar-refractivity contribution in [2.75, 3.05) is 11.9 Å². The Hall–Kier alpha value is -1.51. The van der Waals surface area contributed by atoms with E-state index < -0.39 is 0 Å². The molecule has 0 aromatic heterocycles. The van der Waals surface area contributed by atoms with Gasteiger partial charge in [-0.2, -0.15) is 0 Å². The molecule has 0 amide bonds. The summed E-state index contributed by atoms with van der Waals surface area (Å²) in [4.78, 5) is 0. The van der Waals surface area contributed by atoms with Crippen LogP contribution in [0.5, 0.6) is 0 Å². The van der Waals surface area contributed by atoms with Gasteiger partial charge in [0.15, 0.2) is 0 Å². The summed E-state index contributed by atoms with van der Waals surface area (Å²) in [6.45, 7) is 2.69. The maximum Gasteiger partial charge on any atom is 0.0636 e. The SMILES string of the molecule is CCc1ccc(C(CN)Nc2cccc(Cl)c2)cc1. The first kappa shape index (κ1) is 13.9. The maximum absolute atomic E-state index is 5.99. The van der Waals surface area contributed by atoms with E-state index in [0.717, 1.165) is 17.1 Å². The zero-order valence-electron chi connectivity index (χ0n) is 11.1. The highest BCUT2D eigenvalue weighted by atomic mass is 35.5. The summed E-state index contributed by atoms with van der Waals surface area (Å²) in [5.41, 5.74) is 9.38. The highest BCUT2D eigenvalue weighted by molar-refractivity contribution is 6.30. The van der Waals surface area contributed by atoms with Gasteiger partial charge in [0.1, 0.15) is 0 Å². The number of anilines is 1. The Bertz CT molecular complexity index is 523. The minimum atomic E-state index is 0.101. The number of hydrogen-bond donors (Lipinski definition) is 2. The lowest BCUT2D eigenvalue weighted by molar-refractivity contribution is 0.789. The minimum absolute atomic E-state index is 0.101. The Labute approximate surface area is 119 Å². The molecule has 1 atom stereocenters. The molecule has 19 heavy (non-hydrogen) atoms. The van der Waals surface area contributed by atoms with Crippen molar-refractivity contribution in [1.82, 2.24) is 0 Å². The molecule has 0 aliphatic carbocycles. The molecule has 3 N–H and O–H groups in total. The Balaban J connectivity index is 2.15. The van der Waals surface area contributed by atoms with Crippen molar-refractivity contribution < 1.29 is 0 Å². The van der Waals surface area contributed by atoms with Crippen molar-refractivity contribution in [2.24, 2.45) is 5.73 Å². The second kappa shape index (κ2) is 6.60. The fraction of sp³-hybridized carbons (Fsp3) is 0.250. The first-order valence-corrected chi connectivity index (χ1v) is 6.91. The van der Waals surface area contributed by atoms with E-state index in [0.29, 0.717) is 6.54 Å². The van der Waals surface area contributed by atoms with Crippen LogP contribution in [0.4, 0.5) is 5.69 Å². The summed E-state index contributed by atoms with van der Waals surface area (Å²) in [5, 5.41) is 4.14. The van der Waals surface area contributed by atoms with Crippen molar-refractivity contribution in [3.63, 3.8) is 0 Å². The summed E-state index contributed by atoms with van der Waals surface area (Å²) in [6.07, 6.45) is 1.05. The van der Waals surface area contributed by atoms with Gasteiger partial charge in [-0.15, -0.1) is 0 Å². The van der Waals surface area contributed by atoms with Gasteiger partial charge in [0.2, 0.25) is 0 Å². The standard InChI is InChI=1S/C16H19ClN2/c1-2-12-6-8-13(9-7-12)16(11-18)19-15-5-3-4-14(17)10-15/h3-10,16,19H,2,11,18H2,1H3. The van der Waals surface area contributed by atoms with Crippen LogP contribution < -0.4 is 11.1 Å². The van der Waals surface area contributed by atoms with Gasteiger partial charge in [-0.25, -0.2) is 0 Å². The van der Waals surface area contributed by atoms with Crippen LogP contribution in [0.3, 0.4) is 0 Å². The molecule has 0 aliphatic rings. The molecule has 0 fully saturated rings. The third-order valence-corrected chi connectivity index (χ3v) is 3.43. The minimum Gasteiger partial charge on any atom is -0.377 e. The van der Waals surface area contributed by atoms with Crippen LogP contribution in [0.25, 0.3) is 0 Å². The molecular formula is C16H19ClN2. The first-order chi connectivity index (χ1) is 9.22. The molecule has 3 heteroatoms. The number of aryl methyl sites for hydroxylation is 1. The Morgan fingerprint density at radius 3 is 2.47 bits per heavy atom. The fourth-order valence-electron chi connectivity index (χ4n) is 2.04. The number of benzene rings is 2. The van der Waals surface area contributed by atoms with Crippen LogP contribution in [0.2, 0.25) is 5.02 Å². The number of nitrogens with one attached hydrogen (secondary N) is 1. The van der Waals surface area contributed by atoms with E-state index in [1.165, 1.54) is 11.1 Å². The first-order valence-electron chi connectivity index (χ1n) is 6.54. The lowest BCUT2D eigenvalue weighted by Gasteiger charge is -2.19. The van der Waals surface area contributed by atoms with Crippen LogP contribution in [0.15, 0.2) is 48.5 Å². The molecule has 1 unspecified atom stereocenters. The van der Waals surface area contributed by atoms with E-state index >= 15 is 0 Å². The Morgan fingerprint density at radius 1 is 1.16 bits per heavy atom. The third-order valence-electron chi connectivity index (χ3n) is 3.19. The lowest BCUT2D eigenvalue weighted by atomic mass is 10.0. The normalized spacial score (nSPS) is 12.2. The van der Waals surface area contributed by atoms with Gasteiger partial charge in [0, 0.05) is 17.3 Å². The molecule has 100 valence electrons. The molecular weight excluding hydrogens is 256 g/mol. The van der Waals surface area contributed by atoms with Crippen LogP contribution in [0, 0.1) is 0 Å². The number of hydrogen-bond acceptors (Lipinski definition) is 2. The molecule has 0 bridgehead atoms. The highest BCUT2D eigenvalue weighted by Crippen LogP contribution is 2.21.